The molecule has 12 heteroatoms. The van der Waals surface area contributed by atoms with E-state index in [1.54, 1.807) is 0 Å². The molecule has 0 atom stereocenters. The monoisotopic (exact) mass is 393 g/mol. The fraction of sp³-hybridized carbons (Fsp3) is 0.0625. The molecule has 1 aromatic heterocycles. The number of carbonyl (C=O) groups excluding carboxylic acids is 1. The highest BCUT2D eigenvalue weighted by atomic mass is 19.4. The summed E-state index contributed by atoms with van der Waals surface area (Å²) < 4.78 is 44.1. The van der Waals surface area contributed by atoms with Crippen LogP contribution in [0.4, 0.5) is 18.9 Å². The van der Waals surface area contributed by atoms with Gasteiger partial charge in [-0.05, 0) is 24.3 Å². The number of aromatic nitrogens is 3. The third-order valence-corrected chi connectivity index (χ3v) is 3.60. The molecule has 0 aliphatic heterocycles. The Kier molecular flexibility index (Phi) is 4.69. The molecule has 0 fully saturated rings. The lowest BCUT2D eigenvalue weighted by Gasteiger charge is -2.12. The van der Waals surface area contributed by atoms with Crippen LogP contribution in [-0.2, 0) is 6.18 Å². The number of hydrogen-bond acceptors (Lipinski definition) is 6. The van der Waals surface area contributed by atoms with Gasteiger partial charge in [0.25, 0.3) is 11.6 Å². The summed E-state index contributed by atoms with van der Waals surface area (Å²) >= 11 is 0. The van der Waals surface area contributed by atoms with E-state index in [9.17, 15) is 28.1 Å². The first-order valence-electron chi connectivity index (χ1n) is 7.51. The first kappa shape index (κ1) is 18.8. The fourth-order valence-electron chi connectivity index (χ4n) is 2.36. The quantitative estimate of drug-likeness (QED) is 0.504. The topological polar surface area (TPSA) is 137 Å². The number of nitrogens with two attached hydrogens (primary N) is 1. The molecule has 0 radical (unpaired) electrons. The third-order valence-electron chi connectivity index (χ3n) is 3.60. The molecular weight excluding hydrogens is 383 g/mol. The molecule has 0 saturated heterocycles. The van der Waals surface area contributed by atoms with Crippen LogP contribution in [0.15, 0.2) is 42.5 Å². The standard InChI is InChI=1S/C16H10F3N5O4/c17-16(18,19)8-2-1-3-10(6-8)28-12-5-4-9(24(26)27)7-11(12)13-14(15(20)25)22-23-21-13/h1-7H,(H2,20,25)(H,21,22,23). The number of halogens is 3. The second kappa shape index (κ2) is 6.98. The zero-order valence-electron chi connectivity index (χ0n) is 13.7. The highest BCUT2D eigenvalue weighted by Crippen LogP contribution is 2.38. The van der Waals surface area contributed by atoms with E-state index in [1.807, 2.05) is 0 Å². The van der Waals surface area contributed by atoms with Crippen molar-refractivity contribution in [1.82, 2.24) is 15.4 Å². The maximum absolute atomic E-state index is 12.9. The number of non-ortho nitro benzene ring substituents is 1. The van der Waals surface area contributed by atoms with Crippen LogP contribution >= 0.6 is 0 Å². The summed E-state index contributed by atoms with van der Waals surface area (Å²) in [6, 6.07) is 7.37. The summed E-state index contributed by atoms with van der Waals surface area (Å²) in [7, 11) is 0. The molecule has 0 saturated carbocycles. The number of amides is 1. The van der Waals surface area contributed by atoms with Crippen LogP contribution < -0.4 is 10.5 Å². The molecule has 3 rings (SSSR count). The van der Waals surface area contributed by atoms with Gasteiger partial charge in [0.2, 0.25) is 0 Å². The molecule has 1 amide bonds. The van der Waals surface area contributed by atoms with E-state index in [0.717, 1.165) is 30.3 Å². The van der Waals surface area contributed by atoms with Gasteiger partial charge in [-0.25, -0.2) is 0 Å². The van der Waals surface area contributed by atoms with Crippen molar-refractivity contribution in [2.75, 3.05) is 0 Å². The fourth-order valence-corrected chi connectivity index (χ4v) is 2.36. The highest BCUT2D eigenvalue weighted by molar-refractivity contribution is 5.97. The van der Waals surface area contributed by atoms with Crippen LogP contribution in [0.25, 0.3) is 11.3 Å². The lowest BCUT2D eigenvalue weighted by atomic mass is 10.1. The minimum atomic E-state index is -4.58. The predicted molar refractivity (Wildman–Crippen MR) is 88.5 cm³/mol. The summed E-state index contributed by atoms with van der Waals surface area (Å²) in [6.07, 6.45) is -4.58. The Labute approximate surface area is 154 Å². The van der Waals surface area contributed by atoms with Gasteiger partial charge in [0, 0.05) is 12.1 Å². The van der Waals surface area contributed by atoms with Gasteiger partial charge in [-0.15, -0.1) is 0 Å². The van der Waals surface area contributed by atoms with Crippen molar-refractivity contribution in [3.05, 3.63) is 63.8 Å². The van der Waals surface area contributed by atoms with Gasteiger partial charge in [-0.3, -0.25) is 14.9 Å². The number of ether oxygens (including phenoxy) is 1. The van der Waals surface area contributed by atoms with Gasteiger partial charge in [-0.1, -0.05) is 6.07 Å². The van der Waals surface area contributed by atoms with Crippen LogP contribution in [0.3, 0.4) is 0 Å². The van der Waals surface area contributed by atoms with Crippen LogP contribution in [0.2, 0.25) is 0 Å². The Morgan fingerprint density at radius 1 is 1.18 bits per heavy atom. The average Bonchev–Trinajstić information content (AvgIpc) is 3.11. The molecule has 0 aliphatic rings. The van der Waals surface area contributed by atoms with Crippen molar-refractivity contribution in [2.24, 2.45) is 5.73 Å². The minimum absolute atomic E-state index is 0.0471. The molecule has 0 bridgehead atoms. The lowest BCUT2D eigenvalue weighted by molar-refractivity contribution is -0.384. The Bertz CT molecular complexity index is 1060. The maximum atomic E-state index is 12.9. The van der Waals surface area contributed by atoms with Crippen molar-refractivity contribution in [3.63, 3.8) is 0 Å². The predicted octanol–water partition coefficient (Wildman–Crippen LogP) is 3.29. The maximum Gasteiger partial charge on any atom is 0.416 e. The first-order chi connectivity index (χ1) is 13.2. The van der Waals surface area contributed by atoms with Crippen molar-refractivity contribution < 1.29 is 27.6 Å². The summed E-state index contributed by atoms with van der Waals surface area (Å²) in [5.74, 6) is -1.21. The van der Waals surface area contributed by atoms with Crippen LogP contribution in [-0.4, -0.2) is 26.2 Å². The number of benzene rings is 2. The zero-order chi connectivity index (χ0) is 20.5. The number of nitrogens with one attached hydrogen (secondary N) is 1. The van der Waals surface area contributed by atoms with E-state index in [2.05, 4.69) is 15.4 Å². The number of nitro groups is 1. The average molecular weight is 393 g/mol. The van der Waals surface area contributed by atoms with Crippen molar-refractivity contribution in [2.45, 2.75) is 6.18 Å². The van der Waals surface area contributed by atoms with Crippen LogP contribution in [0.1, 0.15) is 16.1 Å². The molecule has 28 heavy (non-hydrogen) atoms. The number of alkyl halides is 3. The molecule has 0 aliphatic carbocycles. The Hall–Kier alpha value is -3.96. The lowest BCUT2D eigenvalue weighted by Crippen LogP contribution is -2.13. The smallest absolute Gasteiger partial charge is 0.416 e. The molecule has 3 aromatic rings. The normalized spacial score (nSPS) is 11.2. The number of hydrogen-bond donors (Lipinski definition) is 2. The largest absolute Gasteiger partial charge is 0.457 e. The summed E-state index contributed by atoms with van der Waals surface area (Å²) in [6.45, 7) is 0. The second-order valence-electron chi connectivity index (χ2n) is 5.45. The third kappa shape index (κ3) is 3.75. The molecule has 0 spiro atoms. The number of primary amides is 1. The molecule has 9 nitrogen and oxygen atoms in total. The van der Waals surface area contributed by atoms with Crippen LogP contribution in [0, 0.1) is 10.1 Å². The molecule has 1 heterocycles. The Morgan fingerprint density at radius 3 is 2.57 bits per heavy atom. The van der Waals surface area contributed by atoms with Gasteiger partial charge in [-0.2, -0.15) is 28.6 Å². The number of H-pyrrole nitrogens is 1. The van der Waals surface area contributed by atoms with E-state index in [-0.39, 0.29) is 34.1 Å². The minimum Gasteiger partial charge on any atom is -0.457 e. The van der Waals surface area contributed by atoms with Gasteiger partial charge in [0.15, 0.2) is 5.69 Å². The number of carbonyl (C=O) groups is 1. The van der Waals surface area contributed by atoms with Gasteiger partial charge in [0.05, 0.1) is 16.1 Å². The van der Waals surface area contributed by atoms with Crippen molar-refractivity contribution in [3.8, 4) is 22.8 Å². The van der Waals surface area contributed by atoms with E-state index in [0.29, 0.717) is 0 Å². The molecular formula is C16H10F3N5O4. The zero-order valence-corrected chi connectivity index (χ0v) is 13.7. The molecule has 0 unspecified atom stereocenters. The first-order valence-corrected chi connectivity index (χ1v) is 7.51. The molecule has 144 valence electrons. The Morgan fingerprint density at radius 2 is 1.93 bits per heavy atom. The molecule has 3 N–H and O–H groups in total. The summed E-state index contributed by atoms with van der Waals surface area (Å²) in [5, 5.41) is 20.6. The van der Waals surface area contributed by atoms with Crippen molar-refractivity contribution >= 4 is 11.6 Å². The second-order valence-corrected chi connectivity index (χ2v) is 5.45. The van der Waals surface area contributed by atoms with Gasteiger partial charge in [0.1, 0.15) is 17.2 Å². The Balaban J connectivity index is 2.10. The van der Waals surface area contributed by atoms with E-state index >= 15 is 0 Å². The van der Waals surface area contributed by atoms with Crippen molar-refractivity contribution in [1.29, 1.82) is 0 Å². The summed E-state index contributed by atoms with van der Waals surface area (Å²) in [5.41, 5.74) is 3.41. The van der Waals surface area contributed by atoms with Crippen LogP contribution in [0.5, 0.6) is 11.5 Å². The van der Waals surface area contributed by atoms with E-state index in [1.165, 1.54) is 12.1 Å². The summed E-state index contributed by atoms with van der Waals surface area (Å²) in [4.78, 5) is 21.9. The van der Waals surface area contributed by atoms with Gasteiger partial charge < -0.3 is 10.5 Å². The van der Waals surface area contributed by atoms with Gasteiger partial charge >= 0.3 is 6.18 Å². The number of nitrogens with zero attached hydrogens (tertiary/aromatic N) is 3. The van der Waals surface area contributed by atoms with E-state index in [4.69, 9.17) is 10.5 Å². The molecule has 2 aromatic carbocycles. The highest BCUT2D eigenvalue weighted by Gasteiger charge is 2.31. The number of aromatic amines is 1. The SMILES string of the molecule is NC(=O)c1n[nH]nc1-c1cc([N+](=O)[O-])ccc1Oc1cccc(C(F)(F)F)c1. The number of nitro benzene ring substituents is 1. The number of rotatable bonds is 5. The van der Waals surface area contributed by atoms with E-state index < -0.39 is 22.6 Å².